The van der Waals surface area contributed by atoms with Crippen molar-refractivity contribution < 1.29 is 4.74 Å². The largest absolute Gasteiger partial charge is 0.491 e. The molecule has 0 heterocycles. The highest BCUT2D eigenvalue weighted by atomic mass is 16.5. The molecule has 0 aliphatic heterocycles. The number of rotatable bonds is 7. The first kappa shape index (κ1) is 13.0. The van der Waals surface area contributed by atoms with Crippen LogP contribution in [0, 0.1) is 6.92 Å². The minimum Gasteiger partial charge on any atom is -0.491 e. The Labute approximate surface area is 99.0 Å². The van der Waals surface area contributed by atoms with Gasteiger partial charge in [-0.1, -0.05) is 24.6 Å². The Morgan fingerprint density at radius 1 is 1.25 bits per heavy atom. The molecule has 1 atom stereocenters. The van der Waals surface area contributed by atoms with Crippen LogP contribution < -0.4 is 10.1 Å². The van der Waals surface area contributed by atoms with Gasteiger partial charge in [0.05, 0.1) is 6.10 Å². The summed E-state index contributed by atoms with van der Waals surface area (Å²) in [5.74, 6) is 0.974. The molecule has 0 saturated heterocycles. The molecule has 0 bridgehead atoms. The first-order valence-corrected chi connectivity index (χ1v) is 6.16. The molecule has 1 unspecified atom stereocenters. The number of hydrogen-bond acceptors (Lipinski definition) is 2. The molecule has 0 amide bonds. The van der Waals surface area contributed by atoms with E-state index in [0.29, 0.717) is 6.10 Å². The second kappa shape index (κ2) is 7.29. The van der Waals surface area contributed by atoms with Crippen molar-refractivity contribution >= 4 is 0 Å². The maximum Gasteiger partial charge on any atom is 0.119 e. The monoisotopic (exact) mass is 221 g/mol. The summed E-state index contributed by atoms with van der Waals surface area (Å²) >= 11 is 0. The van der Waals surface area contributed by atoms with Crippen LogP contribution in [0.15, 0.2) is 24.3 Å². The maximum absolute atomic E-state index is 5.82. The van der Waals surface area contributed by atoms with E-state index in [-0.39, 0.29) is 0 Å². The topological polar surface area (TPSA) is 21.3 Å². The molecule has 1 N–H and O–H groups in total. The van der Waals surface area contributed by atoms with Crippen molar-refractivity contribution in [2.24, 2.45) is 0 Å². The summed E-state index contributed by atoms with van der Waals surface area (Å²) in [6, 6.07) is 8.24. The predicted molar refractivity (Wildman–Crippen MR) is 69.0 cm³/mol. The number of hydrogen-bond donors (Lipinski definition) is 1. The predicted octanol–water partition coefficient (Wildman–Crippen LogP) is 3.15. The van der Waals surface area contributed by atoms with Crippen LogP contribution in [0.4, 0.5) is 0 Å². The van der Waals surface area contributed by atoms with Gasteiger partial charge in [0.15, 0.2) is 0 Å². The molecule has 2 heteroatoms. The molecule has 0 fully saturated rings. The van der Waals surface area contributed by atoms with Gasteiger partial charge < -0.3 is 10.1 Å². The van der Waals surface area contributed by atoms with Gasteiger partial charge in [-0.25, -0.2) is 0 Å². The number of ether oxygens (including phenoxy) is 1. The number of nitrogens with one attached hydrogen (secondary N) is 1. The number of benzene rings is 1. The summed E-state index contributed by atoms with van der Waals surface area (Å²) < 4.78 is 5.82. The molecular formula is C14H23NO. The molecule has 2 nitrogen and oxygen atoms in total. The summed E-state index contributed by atoms with van der Waals surface area (Å²) in [5.41, 5.74) is 1.27. The second-order valence-corrected chi connectivity index (χ2v) is 4.24. The third kappa shape index (κ3) is 5.17. The SMILES string of the molecule is CCNCCCC(C)Oc1ccc(C)cc1. The lowest BCUT2D eigenvalue weighted by Gasteiger charge is -2.14. The van der Waals surface area contributed by atoms with E-state index in [9.17, 15) is 0 Å². The first-order valence-electron chi connectivity index (χ1n) is 6.16. The molecule has 0 aromatic heterocycles. The van der Waals surface area contributed by atoms with E-state index in [4.69, 9.17) is 4.74 Å². The molecular weight excluding hydrogens is 198 g/mol. The van der Waals surface area contributed by atoms with Crippen molar-refractivity contribution in [3.05, 3.63) is 29.8 Å². The van der Waals surface area contributed by atoms with E-state index in [1.807, 2.05) is 12.1 Å². The van der Waals surface area contributed by atoms with E-state index in [1.54, 1.807) is 0 Å². The fourth-order valence-electron chi connectivity index (χ4n) is 1.60. The smallest absolute Gasteiger partial charge is 0.119 e. The van der Waals surface area contributed by atoms with E-state index >= 15 is 0 Å². The van der Waals surface area contributed by atoms with Crippen LogP contribution in [-0.2, 0) is 0 Å². The highest BCUT2D eigenvalue weighted by molar-refractivity contribution is 5.26. The Morgan fingerprint density at radius 2 is 1.94 bits per heavy atom. The minimum absolute atomic E-state index is 0.293. The molecule has 16 heavy (non-hydrogen) atoms. The standard InChI is InChI=1S/C14H23NO/c1-4-15-11-5-6-13(3)16-14-9-7-12(2)8-10-14/h7-10,13,15H,4-6,11H2,1-3H3. The average molecular weight is 221 g/mol. The summed E-state index contributed by atoms with van der Waals surface area (Å²) in [6.45, 7) is 8.48. The van der Waals surface area contributed by atoms with Crippen molar-refractivity contribution in [1.82, 2.24) is 5.32 Å². The van der Waals surface area contributed by atoms with Gasteiger partial charge in [-0.05, 0) is 51.9 Å². The summed E-state index contributed by atoms with van der Waals surface area (Å²) in [5, 5.41) is 3.32. The van der Waals surface area contributed by atoms with Gasteiger partial charge in [-0.3, -0.25) is 0 Å². The Morgan fingerprint density at radius 3 is 2.56 bits per heavy atom. The van der Waals surface area contributed by atoms with Crippen molar-refractivity contribution in [2.45, 2.75) is 39.7 Å². The average Bonchev–Trinajstić information content (AvgIpc) is 2.28. The van der Waals surface area contributed by atoms with Gasteiger partial charge in [0.2, 0.25) is 0 Å². The van der Waals surface area contributed by atoms with Crippen LogP contribution in [0.3, 0.4) is 0 Å². The van der Waals surface area contributed by atoms with Crippen LogP contribution >= 0.6 is 0 Å². The van der Waals surface area contributed by atoms with Gasteiger partial charge in [0.1, 0.15) is 5.75 Å². The van der Waals surface area contributed by atoms with E-state index in [1.165, 1.54) is 12.0 Å². The molecule has 0 spiro atoms. The van der Waals surface area contributed by atoms with Crippen molar-refractivity contribution in [3.63, 3.8) is 0 Å². The molecule has 0 aliphatic rings. The van der Waals surface area contributed by atoms with Gasteiger partial charge in [-0.15, -0.1) is 0 Å². The van der Waals surface area contributed by atoms with Gasteiger partial charge in [0.25, 0.3) is 0 Å². The van der Waals surface area contributed by atoms with Crippen molar-refractivity contribution in [1.29, 1.82) is 0 Å². The molecule has 0 radical (unpaired) electrons. The lowest BCUT2D eigenvalue weighted by Crippen LogP contribution is -2.18. The zero-order chi connectivity index (χ0) is 11.8. The number of aryl methyl sites for hydroxylation is 1. The molecule has 0 aliphatic carbocycles. The molecule has 1 aromatic rings. The molecule has 0 saturated carbocycles. The molecule has 90 valence electrons. The Hall–Kier alpha value is -1.02. The maximum atomic E-state index is 5.82. The lowest BCUT2D eigenvalue weighted by molar-refractivity contribution is 0.207. The normalized spacial score (nSPS) is 12.4. The third-order valence-electron chi connectivity index (χ3n) is 2.57. The summed E-state index contributed by atoms with van der Waals surface area (Å²) in [6.07, 6.45) is 2.56. The van der Waals surface area contributed by atoms with Gasteiger partial charge in [-0.2, -0.15) is 0 Å². The lowest BCUT2D eigenvalue weighted by atomic mass is 10.2. The van der Waals surface area contributed by atoms with Crippen LogP contribution in [0.1, 0.15) is 32.3 Å². The van der Waals surface area contributed by atoms with Crippen LogP contribution in [0.25, 0.3) is 0 Å². The van der Waals surface area contributed by atoms with Crippen LogP contribution in [0.2, 0.25) is 0 Å². The third-order valence-corrected chi connectivity index (χ3v) is 2.57. The van der Waals surface area contributed by atoms with E-state index in [0.717, 1.165) is 25.3 Å². The highest BCUT2D eigenvalue weighted by Crippen LogP contribution is 2.14. The highest BCUT2D eigenvalue weighted by Gasteiger charge is 2.03. The summed E-state index contributed by atoms with van der Waals surface area (Å²) in [7, 11) is 0. The molecule has 1 rings (SSSR count). The van der Waals surface area contributed by atoms with Gasteiger partial charge >= 0.3 is 0 Å². The zero-order valence-electron chi connectivity index (χ0n) is 10.6. The van der Waals surface area contributed by atoms with E-state index < -0.39 is 0 Å². The quantitative estimate of drug-likeness (QED) is 0.714. The first-order chi connectivity index (χ1) is 7.72. The zero-order valence-corrected chi connectivity index (χ0v) is 10.6. The summed E-state index contributed by atoms with van der Waals surface area (Å²) in [4.78, 5) is 0. The van der Waals surface area contributed by atoms with E-state index in [2.05, 4.69) is 38.2 Å². The minimum atomic E-state index is 0.293. The second-order valence-electron chi connectivity index (χ2n) is 4.24. The van der Waals surface area contributed by atoms with Crippen LogP contribution in [-0.4, -0.2) is 19.2 Å². The fourth-order valence-corrected chi connectivity index (χ4v) is 1.60. The van der Waals surface area contributed by atoms with Crippen LogP contribution in [0.5, 0.6) is 5.75 Å². The van der Waals surface area contributed by atoms with Crippen molar-refractivity contribution in [2.75, 3.05) is 13.1 Å². The Balaban J connectivity index is 2.23. The Kier molecular flexibility index (Phi) is 5.94. The Bertz CT molecular complexity index is 281. The van der Waals surface area contributed by atoms with Crippen molar-refractivity contribution in [3.8, 4) is 5.75 Å². The van der Waals surface area contributed by atoms with Gasteiger partial charge in [0, 0.05) is 0 Å². The fraction of sp³-hybridized carbons (Fsp3) is 0.571. The molecule has 1 aromatic carbocycles.